The number of nitrogens with one attached hydrogen (secondary N) is 1. The molecule has 0 unspecified atom stereocenters. The van der Waals surface area contributed by atoms with Crippen LogP contribution in [0.15, 0.2) is 34.9 Å². The number of hydrogen-bond donors (Lipinski definition) is 1. The maximum Gasteiger partial charge on any atom is 0.123 e. The third-order valence-corrected chi connectivity index (χ3v) is 3.75. The van der Waals surface area contributed by atoms with Gasteiger partial charge in [-0.1, -0.05) is 29.8 Å². The highest BCUT2D eigenvalue weighted by Gasteiger charge is 2.06. The summed E-state index contributed by atoms with van der Waals surface area (Å²) in [5.74, 6) is 0.938. The Hall–Kier alpha value is -1.33. The van der Waals surface area contributed by atoms with Gasteiger partial charge in [0.15, 0.2) is 0 Å². The summed E-state index contributed by atoms with van der Waals surface area (Å²) in [7, 11) is 1.95. The van der Waals surface area contributed by atoms with Crippen LogP contribution < -0.4 is 10.1 Å². The maximum atomic E-state index is 5.95. The number of aryl methyl sites for hydroxylation is 1. The number of halogens is 1. The molecule has 0 aliphatic heterocycles. The molecule has 0 amide bonds. The van der Waals surface area contributed by atoms with Crippen LogP contribution in [0, 0.1) is 0 Å². The first-order valence-electron chi connectivity index (χ1n) is 7.17. The summed E-state index contributed by atoms with van der Waals surface area (Å²) in [6, 6.07) is 8.61. The standard InChI is InChI=1S/C16H22BrN3O/c1-12(2)18-11-13-10-14(17)4-5-16(13)21-9-7-15-6-8-19-20(15)3/h4-6,8,10,12,18H,7,9,11H2,1-3H3. The van der Waals surface area contributed by atoms with Crippen molar-refractivity contribution >= 4 is 15.9 Å². The van der Waals surface area contributed by atoms with E-state index in [1.165, 1.54) is 11.3 Å². The fraction of sp³-hybridized carbons (Fsp3) is 0.438. The first kappa shape index (κ1) is 16.0. The summed E-state index contributed by atoms with van der Waals surface area (Å²) in [4.78, 5) is 0. The molecule has 0 saturated heterocycles. The molecule has 0 radical (unpaired) electrons. The van der Waals surface area contributed by atoms with Gasteiger partial charge in [-0.05, 0) is 24.3 Å². The highest BCUT2D eigenvalue weighted by molar-refractivity contribution is 9.10. The minimum absolute atomic E-state index is 0.450. The summed E-state index contributed by atoms with van der Waals surface area (Å²) in [5.41, 5.74) is 2.34. The van der Waals surface area contributed by atoms with Crippen LogP contribution in [0.3, 0.4) is 0 Å². The molecule has 1 aromatic heterocycles. The van der Waals surface area contributed by atoms with Crippen molar-refractivity contribution in [3.05, 3.63) is 46.2 Å². The van der Waals surface area contributed by atoms with Crippen molar-refractivity contribution in [2.24, 2.45) is 7.05 Å². The maximum absolute atomic E-state index is 5.95. The Morgan fingerprint density at radius 2 is 2.14 bits per heavy atom. The number of benzene rings is 1. The van der Waals surface area contributed by atoms with Gasteiger partial charge in [0, 0.05) is 48.0 Å². The summed E-state index contributed by atoms with van der Waals surface area (Å²) in [6.45, 7) is 5.73. The van der Waals surface area contributed by atoms with Crippen molar-refractivity contribution in [2.45, 2.75) is 32.9 Å². The Bertz CT molecular complexity index is 581. The van der Waals surface area contributed by atoms with Crippen molar-refractivity contribution < 1.29 is 4.74 Å². The quantitative estimate of drug-likeness (QED) is 0.831. The molecule has 114 valence electrons. The Labute approximate surface area is 134 Å². The van der Waals surface area contributed by atoms with E-state index in [-0.39, 0.29) is 0 Å². The molecule has 1 aromatic carbocycles. The predicted molar refractivity (Wildman–Crippen MR) is 88.5 cm³/mol. The van der Waals surface area contributed by atoms with Crippen LogP contribution in [0.4, 0.5) is 0 Å². The lowest BCUT2D eigenvalue weighted by atomic mass is 10.2. The molecule has 2 aromatic rings. The molecule has 21 heavy (non-hydrogen) atoms. The van der Waals surface area contributed by atoms with E-state index in [1.54, 1.807) is 0 Å². The summed E-state index contributed by atoms with van der Waals surface area (Å²) in [5, 5.41) is 7.59. The van der Waals surface area contributed by atoms with Crippen molar-refractivity contribution in [2.75, 3.05) is 6.61 Å². The van der Waals surface area contributed by atoms with E-state index >= 15 is 0 Å². The van der Waals surface area contributed by atoms with E-state index in [1.807, 2.05) is 36.1 Å². The molecule has 5 heteroatoms. The number of nitrogens with zero attached hydrogens (tertiary/aromatic N) is 2. The monoisotopic (exact) mass is 351 g/mol. The van der Waals surface area contributed by atoms with Crippen molar-refractivity contribution in [3.8, 4) is 5.75 Å². The highest BCUT2D eigenvalue weighted by Crippen LogP contribution is 2.23. The van der Waals surface area contributed by atoms with Crippen LogP contribution in [0.25, 0.3) is 0 Å². The molecular weight excluding hydrogens is 330 g/mol. The second-order valence-corrected chi connectivity index (χ2v) is 6.25. The topological polar surface area (TPSA) is 39.1 Å². The van der Waals surface area contributed by atoms with Crippen LogP contribution in [0.5, 0.6) is 5.75 Å². The van der Waals surface area contributed by atoms with Crippen molar-refractivity contribution in [1.29, 1.82) is 0 Å². The van der Waals surface area contributed by atoms with E-state index in [4.69, 9.17) is 4.74 Å². The SMILES string of the molecule is CC(C)NCc1cc(Br)ccc1OCCc1ccnn1C. The van der Waals surface area contributed by atoms with E-state index in [0.717, 1.165) is 23.2 Å². The first-order chi connectivity index (χ1) is 10.1. The largest absolute Gasteiger partial charge is 0.493 e. The van der Waals surface area contributed by atoms with Gasteiger partial charge >= 0.3 is 0 Å². The van der Waals surface area contributed by atoms with Gasteiger partial charge in [-0.2, -0.15) is 5.10 Å². The van der Waals surface area contributed by atoms with E-state index < -0.39 is 0 Å². The average molecular weight is 352 g/mol. The van der Waals surface area contributed by atoms with Crippen LogP contribution in [0.1, 0.15) is 25.1 Å². The molecule has 0 atom stereocenters. The third-order valence-electron chi connectivity index (χ3n) is 3.26. The second kappa shape index (κ2) is 7.61. The molecule has 1 N–H and O–H groups in total. The number of hydrogen-bond acceptors (Lipinski definition) is 3. The Morgan fingerprint density at radius 3 is 2.81 bits per heavy atom. The minimum atomic E-state index is 0.450. The Balaban J connectivity index is 1.96. The van der Waals surface area contributed by atoms with Gasteiger partial charge < -0.3 is 10.1 Å². The predicted octanol–water partition coefficient (Wildman–Crippen LogP) is 3.30. The molecule has 0 fully saturated rings. The van der Waals surface area contributed by atoms with Gasteiger partial charge in [0.05, 0.1) is 6.61 Å². The number of rotatable bonds is 7. The molecule has 2 rings (SSSR count). The second-order valence-electron chi connectivity index (χ2n) is 5.33. The Kier molecular flexibility index (Phi) is 5.82. The highest BCUT2D eigenvalue weighted by atomic mass is 79.9. The van der Waals surface area contributed by atoms with E-state index in [0.29, 0.717) is 12.6 Å². The lowest BCUT2D eigenvalue weighted by Crippen LogP contribution is -2.22. The van der Waals surface area contributed by atoms with Gasteiger partial charge in [-0.3, -0.25) is 4.68 Å². The normalized spacial score (nSPS) is 11.1. The van der Waals surface area contributed by atoms with Crippen molar-refractivity contribution in [1.82, 2.24) is 15.1 Å². The van der Waals surface area contributed by atoms with Crippen LogP contribution in [-0.4, -0.2) is 22.4 Å². The minimum Gasteiger partial charge on any atom is -0.493 e. The van der Waals surface area contributed by atoms with Gasteiger partial charge in [-0.25, -0.2) is 0 Å². The fourth-order valence-corrected chi connectivity index (χ4v) is 2.46. The Morgan fingerprint density at radius 1 is 1.33 bits per heavy atom. The summed E-state index contributed by atoms with van der Waals surface area (Å²) in [6.07, 6.45) is 2.66. The molecular formula is C16H22BrN3O. The van der Waals surface area contributed by atoms with Gasteiger partial charge in [0.2, 0.25) is 0 Å². The zero-order valence-corrected chi connectivity index (χ0v) is 14.4. The number of ether oxygens (including phenoxy) is 1. The molecule has 0 spiro atoms. The van der Waals surface area contributed by atoms with Crippen LogP contribution in [0.2, 0.25) is 0 Å². The van der Waals surface area contributed by atoms with Crippen LogP contribution >= 0.6 is 15.9 Å². The summed E-state index contributed by atoms with van der Waals surface area (Å²) < 4.78 is 8.90. The average Bonchev–Trinajstić information content (AvgIpc) is 2.84. The third kappa shape index (κ3) is 4.86. The molecule has 0 aliphatic carbocycles. The number of aromatic nitrogens is 2. The van der Waals surface area contributed by atoms with Crippen molar-refractivity contribution in [3.63, 3.8) is 0 Å². The van der Waals surface area contributed by atoms with E-state index in [9.17, 15) is 0 Å². The van der Waals surface area contributed by atoms with Gasteiger partial charge in [0.1, 0.15) is 5.75 Å². The van der Waals surface area contributed by atoms with Gasteiger partial charge in [-0.15, -0.1) is 0 Å². The molecule has 0 bridgehead atoms. The lowest BCUT2D eigenvalue weighted by molar-refractivity contribution is 0.314. The smallest absolute Gasteiger partial charge is 0.123 e. The zero-order valence-electron chi connectivity index (χ0n) is 12.8. The summed E-state index contributed by atoms with van der Waals surface area (Å²) >= 11 is 3.52. The molecule has 0 saturated carbocycles. The van der Waals surface area contributed by atoms with E-state index in [2.05, 4.69) is 46.3 Å². The zero-order chi connectivity index (χ0) is 15.2. The fourth-order valence-electron chi connectivity index (χ4n) is 2.05. The molecule has 4 nitrogen and oxygen atoms in total. The molecule has 1 heterocycles. The lowest BCUT2D eigenvalue weighted by Gasteiger charge is -2.14. The first-order valence-corrected chi connectivity index (χ1v) is 7.97. The molecule has 0 aliphatic rings. The van der Waals surface area contributed by atoms with Gasteiger partial charge in [0.25, 0.3) is 0 Å². The van der Waals surface area contributed by atoms with Crippen LogP contribution in [-0.2, 0) is 20.0 Å².